The smallest absolute Gasteiger partial charge is 0.128 e. The summed E-state index contributed by atoms with van der Waals surface area (Å²) < 4.78 is 5.79. The predicted molar refractivity (Wildman–Crippen MR) is 83.3 cm³/mol. The van der Waals surface area contributed by atoms with Gasteiger partial charge in [-0.3, -0.25) is 0 Å². The maximum atomic E-state index is 6.11. The first-order chi connectivity index (χ1) is 8.95. The van der Waals surface area contributed by atoms with Crippen LogP contribution in [0.5, 0.6) is 11.5 Å². The van der Waals surface area contributed by atoms with Crippen LogP contribution in [-0.2, 0) is 0 Å². The summed E-state index contributed by atoms with van der Waals surface area (Å²) in [5.74, 6) is 1.45. The van der Waals surface area contributed by atoms with Crippen LogP contribution in [0.25, 0.3) is 0 Å². The largest absolute Gasteiger partial charge is 0.457 e. The highest BCUT2D eigenvalue weighted by Crippen LogP contribution is 2.28. The summed E-state index contributed by atoms with van der Waals surface area (Å²) >= 11 is 11.0. The second-order valence-corrected chi connectivity index (χ2v) is 5.28. The predicted octanol–water partition coefficient (Wildman–Crippen LogP) is 4.38. The van der Waals surface area contributed by atoms with Gasteiger partial charge in [0.2, 0.25) is 0 Å². The van der Waals surface area contributed by atoms with Gasteiger partial charge >= 0.3 is 0 Å². The minimum absolute atomic E-state index is 0.281. The van der Waals surface area contributed by atoms with Crippen molar-refractivity contribution in [2.24, 2.45) is 5.73 Å². The summed E-state index contributed by atoms with van der Waals surface area (Å²) in [6.45, 7) is 4.06. The van der Waals surface area contributed by atoms with Crippen molar-refractivity contribution in [3.63, 3.8) is 0 Å². The van der Waals surface area contributed by atoms with Crippen LogP contribution in [0.4, 0.5) is 0 Å². The average molecular weight is 292 g/mol. The van der Waals surface area contributed by atoms with E-state index in [1.807, 2.05) is 26.0 Å². The fourth-order valence-corrected chi connectivity index (χ4v) is 2.39. The van der Waals surface area contributed by atoms with Gasteiger partial charge in [-0.1, -0.05) is 29.9 Å². The standard InChI is InChI=1S/C15H14ClNOS/c1-9-5-10(2)7-12(6-9)18-11-3-4-13(15(17)19)14(16)8-11/h3-8H,1-2H3,(H2,17,19). The normalized spacial score (nSPS) is 10.3. The second-order valence-electron chi connectivity index (χ2n) is 4.43. The van der Waals surface area contributed by atoms with Gasteiger partial charge in [0.15, 0.2) is 0 Å². The molecule has 2 rings (SSSR count). The number of ether oxygens (including phenoxy) is 1. The number of rotatable bonds is 3. The second kappa shape index (κ2) is 5.59. The summed E-state index contributed by atoms with van der Waals surface area (Å²) in [5.41, 5.74) is 8.53. The van der Waals surface area contributed by atoms with Crippen LogP contribution in [0, 0.1) is 13.8 Å². The number of nitrogens with two attached hydrogens (primary N) is 1. The lowest BCUT2D eigenvalue weighted by atomic mass is 10.1. The Morgan fingerprint density at radius 2 is 1.68 bits per heavy atom. The highest BCUT2D eigenvalue weighted by atomic mass is 35.5. The van der Waals surface area contributed by atoms with Crippen molar-refractivity contribution in [1.29, 1.82) is 0 Å². The first kappa shape index (κ1) is 13.8. The van der Waals surface area contributed by atoms with Gasteiger partial charge in [0, 0.05) is 11.6 Å². The summed E-state index contributed by atoms with van der Waals surface area (Å²) in [4.78, 5) is 0.281. The van der Waals surface area contributed by atoms with Crippen molar-refractivity contribution in [3.8, 4) is 11.5 Å². The van der Waals surface area contributed by atoms with Gasteiger partial charge in [0.1, 0.15) is 16.5 Å². The van der Waals surface area contributed by atoms with Gasteiger partial charge in [-0.25, -0.2) is 0 Å². The number of halogens is 1. The van der Waals surface area contributed by atoms with E-state index in [1.165, 1.54) is 0 Å². The molecule has 0 aromatic heterocycles. The lowest BCUT2D eigenvalue weighted by molar-refractivity contribution is 0.482. The van der Waals surface area contributed by atoms with Crippen LogP contribution in [-0.4, -0.2) is 4.99 Å². The quantitative estimate of drug-likeness (QED) is 0.852. The van der Waals surface area contributed by atoms with Crippen molar-refractivity contribution in [1.82, 2.24) is 0 Å². The van der Waals surface area contributed by atoms with Crippen molar-refractivity contribution < 1.29 is 4.74 Å². The SMILES string of the molecule is Cc1cc(C)cc(Oc2ccc(C(N)=S)c(Cl)c2)c1. The summed E-state index contributed by atoms with van der Waals surface area (Å²) in [6.07, 6.45) is 0. The van der Waals surface area contributed by atoms with E-state index >= 15 is 0 Å². The maximum absolute atomic E-state index is 6.11. The summed E-state index contributed by atoms with van der Waals surface area (Å²) in [6, 6.07) is 11.3. The van der Waals surface area contributed by atoms with E-state index < -0.39 is 0 Å². The Balaban J connectivity index is 2.28. The van der Waals surface area contributed by atoms with Crippen molar-refractivity contribution >= 4 is 28.8 Å². The highest BCUT2D eigenvalue weighted by molar-refractivity contribution is 7.80. The molecule has 2 aromatic carbocycles. The van der Waals surface area contributed by atoms with Crippen LogP contribution in [0.15, 0.2) is 36.4 Å². The van der Waals surface area contributed by atoms with Crippen molar-refractivity contribution in [2.45, 2.75) is 13.8 Å². The molecule has 0 heterocycles. The number of thiocarbonyl (C=S) groups is 1. The molecule has 0 atom stereocenters. The first-order valence-corrected chi connectivity index (χ1v) is 6.60. The molecule has 19 heavy (non-hydrogen) atoms. The number of hydrogen-bond donors (Lipinski definition) is 1. The molecule has 2 aromatic rings. The van der Waals surface area contributed by atoms with Crippen molar-refractivity contribution in [2.75, 3.05) is 0 Å². The minimum atomic E-state index is 0.281. The summed E-state index contributed by atoms with van der Waals surface area (Å²) in [7, 11) is 0. The van der Waals surface area contributed by atoms with Crippen molar-refractivity contribution in [3.05, 3.63) is 58.1 Å². The monoisotopic (exact) mass is 291 g/mol. The molecule has 0 spiro atoms. The zero-order valence-electron chi connectivity index (χ0n) is 10.7. The third-order valence-corrected chi connectivity index (χ3v) is 3.17. The van der Waals surface area contributed by atoms with Gasteiger partial charge < -0.3 is 10.5 Å². The van der Waals surface area contributed by atoms with Gasteiger partial charge in [0.25, 0.3) is 0 Å². The molecule has 0 unspecified atom stereocenters. The Morgan fingerprint density at radius 3 is 2.21 bits per heavy atom. The molecule has 0 fully saturated rings. The molecule has 2 nitrogen and oxygen atoms in total. The molecule has 0 saturated carbocycles. The first-order valence-electron chi connectivity index (χ1n) is 5.81. The average Bonchev–Trinajstić information content (AvgIpc) is 2.26. The molecule has 0 radical (unpaired) electrons. The minimum Gasteiger partial charge on any atom is -0.457 e. The molecule has 0 bridgehead atoms. The molecule has 0 saturated heterocycles. The lowest BCUT2D eigenvalue weighted by Crippen LogP contribution is -2.09. The Labute approximate surface area is 123 Å². The molecule has 0 aliphatic carbocycles. The van der Waals surface area contributed by atoms with Gasteiger partial charge in [0.05, 0.1) is 5.02 Å². The van der Waals surface area contributed by atoms with Gasteiger partial charge in [-0.15, -0.1) is 0 Å². The molecule has 2 N–H and O–H groups in total. The zero-order valence-corrected chi connectivity index (χ0v) is 12.3. The Bertz CT molecular complexity index is 620. The lowest BCUT2D eigenvalue weighted by Gasteiger charge is -2.09. The summed E-state index contributed by atoms with van der Waals surface area (Å²) in [5, 5.41) is 0.495. The molecule has 98 valence electrons. The van der Waals surface area contributed by atoms with Crippen LogP contribution >= 0.6 is 23.8 Å². The van der Waals surface area contributed by atoms with Gasteiger partial charge in [-0.05, 0) is 49.2 Å². The molecule has 0 amide bonds. The third kappa shape index (κ3) is 3.46. The zero-order chi connectivity index (χ0) is 14.0. The Morgan fingerprint density at radius 1 is 1.05 bits per heavy atom. The van der Waals surface area contributed by atoms with Crippen LogP contribution in [0.3, 0.4) is 0 Å². The fourth-order valence-electron chi connectivity index (χ4n) is 1.89. The Hall–Kier alpha value is -1.58. The van der Waals surface area contributed by atoms with Gasteiger partial charge in [-0.2, -0.15) is 0 Å². The number of aryl methyl sites for hydroxylation is 2. The molecular formula is C15H14ClNOS. The molecule has 4 heteroatoms. The van der Waals surface area contributed by atoms with E-state index in [1.54, 1.807) is 18.2 Å². The van der Waals surface area contributed by atoms with Crippen LogP contribution in [0.1, 0.15) is 16.7 Å². The van der Waals surface area contributed by atoms with E-state index in [0.29, 0.717) is 16.3 Å². The van der Waals surface area contributed by atoms with E-state index in [4.69, 9.17) is 34.3 Å². The maximum Gasteiger partial charge on any atom is 0.128 e. The highest BCUT2D eigenvalue weighted by Gasteiger charge is 2.06. The van der Waals surface area contributed by atoms with E-state index in [9.17, 15) is 0 Å². The molecular weight excluding hydrogens is 278 g/mol. The van der Waals surface area contributed by atoms with Crippen LogP contribution in [0.2, 0.25) is 5.02 Å². The van der Waals surface area contributed by atoms with E-state index in [-0.39, 0.29) is 4.99 Å². The fraction of sp³-hybridized carbons (Fsp3) is 0.133. The van der Waals surface area contributed by atoms with Crippen LogP contribution < -0.4 is 10.5 Å². The Kier molecular flexibility index (Phi) is 4.08. The van der Waals surface area contributed by atoms with E-state index in [2.05, 4.69) is 6.07 Å². The third-order valence-electron chi connectivity index (χ3n) is 2.64. The number of hydrogen-bond acceptors (Lipinski definition) is 2. The molecule has 0 aliphatic rings. The number of benzene rings is 2. The molecule has 0 aliphatic heterocycles. The topological polar surface area (TPSA) is 35.2 Å². The van der Waals surface area contributed by atoms with E-state index in [0.717, 1.165) is 16.9 Å².